The highest BCUT2D eigenvalue weighted by Gasteiger charge is 2.32. The van der Waals surface area contributed by atoms with E-state index >= 15 is 0 Å². The van der Waals surface area contributed by atoms with E-state index in [1.807, 2.05) is 20.8 Å². The fourth-order valence-electron chi connectivity index (χ4n) is 3.30. The van der Waals surface area contributed by atoms with Crippen LogP contribution in [0, 0.1) is 0 Å². The number of nitrogens with one attached hydrogen (secondary N) is 2. The summed E-state index contributed by atoms with van der Waals surface area (Å²) in [5, 5.41) is 6.12. The van der Waals surface area contributed by atoms with Crippen LogP contribution in [0.3, 0.4) is 0 Å². The summed E-state index contributed by atoms with van der Waals surface area (Å²) in [6.45, 7) is 6.12. The number of carbonyl (C=O) groups is 1. The molecule has 2 N–H and O–H groups in total. The molecule has 134 valence electrons. The quantitative estimate of drug-likeness (QED) is 0.813. The minimum absolute atomic E-state index is 0.151. The highest BCUT2D eigenvalue weighted by atomic mass is 32.2. The number of rotatable bonds is 4. The Balaban J connectivity index is 1.67. The highest BCUT2D eigenvalue weighted by molar-refractivity contribution is 7.92. The molecule has 2 aliphatic rings. The van der Waals surface area contributed by atoms with Crippen LogP contribution in [0.15, 0.2) is 0 Å². The summed E-state index contributed by atoms with van der Waals surface area (Å²) in [4.78, 5) is 11.8. The number of sulfone groups is 1. The predicted octanol–water partition coefficient (Wildman–Crippen LogP) is 1.99. The van der Waals surface area contributed by atoms with Crippen molar-refractivity contribution >= 4 is 15.9 Å². The molecule has 0 radical (unpaired) electrons. The molecule has 1 atom stereocenters. The van der Waals surface area contributed by atoms with Gasteiger partial charge in [0, 0.05) is 18.6 Å². The van der Waals surface area contributed by atoms with Gasteiger partial charge in [-0.1, -0.05) is 0 Å². The second-order valence-corrected chi connectivity index (χ2v) is 10.1. The van der Waals surface area contributed by atoms with E-state index in [1.165, 1.54) is 0 Å². The van der Waals surface area contributed by atoms with Crippen LogP contribution in [0.25, 0.3) is 0 Å². The SMILES string of the molecule is CC(C)(C)OC(=O)NC1CCC(NCC2CCCS2(=O)=O)CC1. The standard InChI is InChI=1S/C16H30N2O4S/c1-16(2,3)22-15(19)18-13-8-6-12(7-9-13)17-11-14-5-4-10-23(14,20)21/h12-14,17H,4-11H2,1-3H3,(H,18,19). The van der Waals surface area contributed by atoms with E-state index in [2.05, 4.69) is 10.6 Å². The lowest BCUT2D eigenvalue weighted by Crippen LogP contribution is -2.45. The van der Waals surface area contributed by atoms with Gasteiger partial charge in [-0.3, -0.25) is 0 Å². The third-order valence-corrected chi connectivity index (χ3v) is 6.82. The van der Waals surface area contributed by atoms with Crippen LogP contribution >= 0.6 is 0 Å². The zero-order chi connectivity index (χ0) is 17.1. The molecule has 1 unspecified atom stereocenters. The van der Waals surface area contributed by atoms with Crippen molar-refractivity contribution in [3.63, 3.8) is 0 Å². The molecule has 6 nitrogen and oxygen atoms in total. The van der Waals surface area contributed by atoms with Gasteiger partial charge in [0.15, 0.2) is 9.84 Å². The first-order valence-corrected chi connectivity index (χ1v) is 10.3. The molecular weight excluding hydrogens is 316 g/mol. The van der Waals surface area contributed by atoms with Gasteiger partial charge >= 0.3 is 6.09 Å². The summed E-state index contributed by atoms with van der Waals surface area (Å²) < 4.78 is 28.9. The zero-order valence-electron chi connectivity index (χ0n) is 14.4. The Hall–Kier alpha value is -0.820. The molecule has 1 aliphatic carbocycles. The molecule has 2 fully saturated rings. The van der Waals surface area contributed by atoms with Gasteiger partial charge in [0.25, 0.3) is 0 Å². The van der Waals surface area contributed by atoms with Gasteiger partial charge in [0.1, 0.15) is 5.60 Å². The largest absolute Gasteiger partial charge is 0.444 e. The Morgan fingerprint density at radius 2 is 1.70 bits per heavy atom. The average molecular weight is 346 g/mol. The van der Waals surface area contributed by atoms with Gasteiger partial charge in [0.05, 0.1) is 11.0 Å². The lowest BCUT2D eigenvalue weighted by atomic mass is 9.91. The van der Waals surface area contributed by atoms with Crippen LogP contribution in [-0.2, 0) is 14.6 Å². The summed E-state index contributed by atoms with van der Waals surface area (Å²) in [6.07, 6.45) is 4.92. The molecule has 0 spiro atoms. The van der Waals surface area contributed by atoms with E-state index < -0.39 is 15.4 Å². The van der Waals surface area contributed by atoms with Crippen LogP contribution in [0.1, 0.15) is 59.3 Å². The highest BCUT2D eigenvalue weighted by Crippen LogP contribution is 2.22. The molecule has 2 rings (SSSR count). The summed E-state index contributed by atoms with van der Waals surface area (Å²) in [5.74, 6) is 0.339. The van der Waals surface area contributed by atoms with Gasteiger partial charge < -0.3 is 15.4 Å². The van der Waals surface area contributed by atoms with E-state index in [0.717, 1.165) is 38.5 Å². The Morgan fingerprint density at radius 1 is 1.09 bits per heavy atom. The Morgan fingerprint density at radius 3 is 2.22 bits per heavy atom. The first kappa shape index (κ1) is 18.5. The minimum atomic E-state index is -2.87. The van der Waals surface area contributed by atoms with Crippen molar-refractivity contribution in [2.75, 3.05) is 12.3 Å². The molecule has 7 heteroatoms. The lowest BCUT2D eigenvalue weighted by Gasteiger charge is -2.31. The summed E-state index contributed by atoms with van der Waals surface area (Å²) in [6, 6.07) is 0.501. The maximum Gasteiger partial charge on any atom is 0.407 e. The first-order valence-electron chi connectivity index (χ1n) is 8.60. The molecule has 0 bridgehead atoms. The van der Waals surface area contributed by atoms with Crippen molar-refractivity contribution < 1.29 is 17.9 Å². The molecule has 1 aliphatic heterocycles. The molecule has 0 aromatic heterocycles. The van der Waals surface area contributed by atoms with Gasteiger partial charge in [-0.2, -0.15) is 0 Å². The van der Waals surface area contributed by atoms with Gasteiger partial charge in [-0.05, 0) is 59.3 Å². The van der Waals surface area contributed by atoms with Crippen molar-refractivity contribution in [1.82, 2.24) is 10.6 Å². The van der Waals surface area contributed by atoms with Crippen LogP contribution in [0.4, 0.5) is 4.79 Å². The number of hydrogen-bond acceptors (Lipinski definition) is 5. The third kappa shape index (κ3) is 5.95. The van der Waals surface area contributed by atoms with Gasteiger partial charge in [-0.15, -0.1) is 0 Å². The van der Waals surface area contributed by atoms with Crippen molar-refractivity contribution in [3.05, 3.63) is 0 Å². The Kier molecular flexibility index (Phi) is 5.94. The summed E-state index contributed by atoms with van der Waals surface area (Å²) in [7, 11) is -2.87. The van der Waals surface area contributed by atoms with Gasteiger partial charge in [-0.25, -0.2) is 13.2 Å². The van der Waals surface area contributed by atoms with Crippen molar-refractivity contribution in [1.29, 1.82) is 0 Å². The molecular formula is C16H30N2O4S. The predicted molar refractivity (Wildman–Crippen MR) is 90.2 cm³/mol. The van der Waals surface area contributed by atoms with Crippen molar-refractivity contribution in [3.8, 4) is 0 Å². The fraction of sp³-hybridized carbons (Fsp3) is 0.938. The second-order valence-electron chi connectivity index (χ2n) is 7.73. The molecule has 0 aromatic carbocycles. The Labute approximate surface area is 139 Å². The van der Waals surface area contributed by atoms with Crippen LogP contribution in [-0.4, -0.2) is 49.7 Å². The van der Waals surface area contributed by atoms with E-state index in [9.17, 15) is 13.2 Å². The van der Waals surface area contributed by atoms with Gasteiger partial charge in [0.2, 0.25) is 0 Å². The molecule has 23 heavy (non-hydrogen) atoms. The fourth-order valence-corrected chi connectivity index (χ4v) is 5.08. The second kappa shape index (κ2) is 7.38. The maximum atomic E-state index is 11.8. The summed E-state index contributed by atoms with van der Waals surface area (Å²) in [5.41, 5.74) is -0.477. The number of carbonyl (C=O) groups excluding carboxylic acids is 1. The number of hydrogen-bond donors (Lipinski definition) is 2. The average Bonchev–Trinajstić information content (AvgIpc) is 2.75. The number of ether oxygens (including phenoxy) is 1. The smallest absolute Gasteiger partial charge is 0.407 e. The molecule has 1 saturated carbocycles. The maximum absolute atomic E-state index is 11.8. The lowest BCUT2D eigenvalue weighted by molar-refractivity contribution is 0.0490. The van der Waals surface area contributed by atoms with E-state index in [4.69, 9.17) is 4.74 Å². The van der Waals surface area contributed by atoms with Crippen LogP contribution in [0.5, 0.6) is 0 Å². The third-order valence-electron chi connectivity index (χ3n) is 4.55. The van der Waals surface area contributed by atoms with E-state index in [0.29, 0.717) is 18.3 Å². The Bertz CT molecular complexity index is 505. The van der Waals surface area contributed by atoms with E-state index in [-0.39, 0.29) is 17.4 Å². The zero-order valence-corrected chi connectivity index (χ0v) is 15.2. The molecule has 1 amide bonds. The normalized spacial score (nSPS) is 30.8. The van der Waals surface area contributed by atoms with E-state index in [1.54, 1.807) is 0 Å². The van der Waals surface area contributed by atoms with Crippen molar-refractivity contribution in [2.45, 2.75) is 82.2 Å². The first-order chi connectivity index (χ1) is 10.7. The number of alkyl carbamates (subject to hydrolysis) is 1. The molecule has 0 aromatic rings. The number of amides is 1. The monoisotopic (exact) mass is 346 g/mol. The minimum Gasteiger partial charge on any atom is -0.444 e. The molecule has 1 saturated heterocycles. The topological polar surface area (TPSA) is 84.5 Å². The van der Waals surface area contributed by atoms with Crippen LogP contribution < -0.4 is 10.6 Å². The van der Waals surface area contributed by atoms with Crippen LogP contribution in [0.2, 0.25) is 0 Å². The summed E-state index contributed by atoms with van der Waals surface area (Å²) >= 11 is 0. The van der Waals surface area contributed by atoms with Crippen molar-refractivity contribution in [2.24, 2.45) is 0 Å². The molecule has 1 heterocycles.